The van der Waals surface area contributed by atoms with Crippen molar-refractivity contribution >= 4 is 0 Å². The molecule has 96 valence electrons. The second-order valence-corrected chi connectivity index (χ2v) is 3.58. The van der Waals surface area contributed by atoms with Crippen molar-refractivity contribution in [2.45, 2.75) is 6.54 Å². The Morgan fingerprint density at radius 3 is 2.78 bits per heavy atom. The molecular formula is C11H15N5O2. The maximum Gasteiger partial charge on any atom is 0.170 e. The molecule has 0 fully saturated rings. The van der Waals surface area contributed by atoms with Gasteiger partial charge >= 0.3 is 0 Å². The summed E-state index contributed by atoms with van der Waals surface area (Å²) >= 11 is 0. The zero-order chi connectivity index (χ0) is 13.0. The van der Waals surface area contributed by atoms with Gasteiger partial charge in [0.2, 0.25) is 0 Å². The van der Waals surface area contributed by atoms with Gasteiger partial charge in [-0.15, -0.1) is 5.10 Å². The summed E-state index contributed by atoms with van der Waals surface area (Å²) in [5, 5.41) is 14.6. The minimum Gasteiger partial charge on any atom is -0.497 e. The molecule has 0 unspecified atom stereocenters. The third-order valence-corrected chi connectivity index (χ3v) is 2.48. The lowest BCUT2D eigenvalue weighted by Gasteiger charge is -2.11. The van der Waals surface area contributed by atoms with Gasteiger partial charge < -0.3 is 14.8 Å². The number of hydrogen-bond donors (Lipinski definition) is 1. The van der Waals surface area contributed by atoms with Crippen LogP contribution in [0.25, 0.3) is 5.69 Å². The van der Waals surface area contributed by atoms with Crippen LogP contribution in [0.3, 0.4) is 0 Å². The van der Waals surface area contributed by atoms with Gasteiger partial charge in [-0.1, -0.05) is 0 Å². The van der Waals surface area contributed by atoms with E-state index >= 15 is 0 Å². The summed E-state index contributed by atoms with van der Waals surface area (Å²) in [6.07, 6.45) is 0. The maximum absolute atomic E-state index is 5.31. The number of nitrogens with one attached hydrogen (secondary N) is 1. The average molecular weight is 249 g/mol. The molecule has 1 heterocycles. The van der Waals surface area contributed by atoms with Gasteiger partial charge in [-0.3, -0.25) is 0 Å². The standard InChI is InChI=1S/C11H15N5O2/c1-12-7-11-13-14-15-16(11)9-6-8(17-2)4-5-10(9)18-3/h4-6,12H,7H2,1-3H3. The zero-order valence-electron chi connectivity index (χ0n) is 10.5. The summed E-state index contributed by atoms with van der Waals surface area (Å²) in [4.78, 5) is 0. The third-order valence-electron chi connectivity index (χ3n) is 2.48. The van der Waals surface area contributed by atoms with E-state index in [2.05, 4.69) is 20.8 Å². The first-order valence-corrected chi connectivity index (χ1v) is 5.44. The van der Waals surface area contributed by atoms with Crippen molar-refractivity contribution in [3.8, 4) is 17.2 Å². The molecule has 2 aromatic rings. The summed E-state index contributed by atoms with van der Waals surface area (Å²) in [6, 6.07) is 5.47. The number of hydrogen-bond acceptors (Lipinski definition) is 6. The Kier molecular flexibility index (Phi) is 3.73. The van der Waals surface area contributed by atoms with Crippen LogP contribution in [-0.2, 0) is 6.54 Å². The maximum atomic E-state index is 5.31. The summed E-state index contributed by atoms with van der Waals surface area (Å²) in [5.74, 6) is 2.10. The molecule has 0 aliphatic carbocycles. The van der Waals surface area contributed by atoms with Crippen molar-refractivity contribution in [1.29, 1.82) is 0 Å². The highest BCUT2D eigenvalue weighted by atomic mass is 16.5. The van der Waals surface area contributed by atoms with Crippen molar-refractivity contribution < 1.29 is 9.47 Å². The highest BCUT2D eigenvalue weighted by Crippen LogP contribution is 2.27. The van der Waals surface area contributed by atoms with Crippen molar-refractivity contribution in [2.75, 3.05) is 21.3 Å². The molecule has 18 heavy (non-hydrogen) atoms. The fourth-order valence-electron chi connectivity index (χ4n) is 1.62. The van der Waals surface area contributed by atoms with Crippen LogP contribution < -0.4 is 14.8 Å². The van der Waals surface area contributed by atoms with E-state index in [1.54, 1.807) is 18.9 Å². The number of ether oxygens (including phenoxy) is 2. The largest absolute Gasteiger partial charge is 0.497 e. The van der Waals surface area contributed by atoms with Crippen molar-refractivity contribution in [1.82, 2.24) is 25.5 Å². The van der Waals surface area contributed by atoms with E-state index in [1.807, 2.05) is 25.2 Å². The van der Waals surface area contributed by atoms with Crippen LogP contribution >= 0.6 is 0 Å². The van der Waals surface area contributed by atoms with E-state index in [0.717, 1.165) is 11.4 Å². The number of tetrazole rings is 1. The lowest BCUT2D eigenvalue weighted by molar-refractivity contribution is 0.400. The topological polar surface area (TPSA) is 74.1 Å². The molecule has 7 nitrogen and oxygen atoms in total. The lowest BCUT2D eigenvalue weighted by atomic mass is 10.2. The van der Waals surface area contributed by atoms with Crippen LogP contribution in [0.4, 0.5) is 0 Å². The summed E-state index contributed by atoms with van der Waals surface area (Å²) < 4.78 is 12.1. The van der Waals surface area contributed by atoms with Gasteiger partial charge in [0.05, 0.1) is 20.8 Å². The van der Waals surface area contributed by atoms with Gasteiger partial charge in [-0.05, 0) is 29.6 Å². The van der Waals surface area contributed by atoms with E-state index in [1.165, 1.54) is 0 Å². The van der Waals surface area contributed by atoms with Crippen LogP contribution in [0.1, 0.15) is 5.82 Å². The Bertz CT molecular complexity index is 526. The Hall–Kier alpha value is -2.15. The highest BCUT2D eigenvalue weighted by Gasteiger charge is 2.13. The zero-order valence-corrected chi connectivity index (χ0v) is 10.5. The molecule has 0 aliphatic rings. The van der Waals surface area contributed by atoms with Gasteiger partial charge in [0.15, 0.2) is 5.82 Å². The Labute approximate surface area is 105 Å². The molecule has 0 saturated carbocycles. The van der Waals surface area contributed by atoms with E-state index in [4.69, 9.17) is 9.47 Å². The molecule has 0 amide bonds. The first-order valence-electron chi connectivity index (χ1n) is 5.44. The first kappa shape index (κ1) is 12.3. The molecule has 1 aromatic heterocycles. The van der Waals surface area contributed by atoms with E-state index < -0.39 is 0 Å². The summed E-state index contributed by atoms with van der Waals surface area (Å²) in [6.45, 7) is 0.563. The Morgan fingerprint density at radius 1 is 1.28 bits per heavy atom. The second kappa shape index (κ2) is 5.46. The molecular weight excluding hydrogens is 234 g/mol. The molecule has 0 bridgehead atoms. The van der Waals surface area contributed by atoms with Crippen molar-refractivity contribution in [3.63, 3.8) is 0 Å². The molecule has 0 atom stereocenters. The van der Waals surface area contributed by atoms with Gasteiger partial charge in [-0.25, -0.2) is 0 Å². The lowest BCUT2D eigenvalue weighted by Crippen LogP contribution is -2.12. The van der Waals surface area contributed by atoms with Crippen molar-refractivity contribution in [2.24, 2.45) is 0 Å². The molecule has 0 aliphatic heterocycles. The van der Waals surface area contributed by atoms with Crippen LogP contribution in [0, 0.1) is 0 Å². The van der Waals surface area contributed by atoms with Gasteiger partial charge in [0, 0.05) is 6.07 Å². The monoisotopic (exact) mass is 249 g/mol. The van der Waals surface area contributed by atoms with Crippen LogP contribution in [-0.4, -0.2) is 41.5 Å². The first-order chi connectivity index (χ1) is 8.80. The Morgan fingerprint density at radius 2 is 2.11 bits per heavy atom. The summed E-state index contributed by atoms with van der Waals surface area (Å²) in [7, 11) is 5.05. The normalized spacial score (nSPS) is 10.4. The number of rotatable bonds is 5. The van der Waals surface area contributed by atoms with Gasteiger partial charge in [0.1, 0.15) is 17.2 Å². The van der Waals surface area contributed by atoms with Gasteiger partial charge in [0.25, 0.3) is 0 Å². The fraction of sp³-hybridized carbons (Fsp3) is 0.364. The molecule has 1 aromatic carbocycles. The molecule has 7 heteroatoms. The molecule has 2 rings (SSSR count). The average Bonchev–Trinajstić information content (AvgIpc) is 2.86. The number of nitrogens with zero attached hydrogens (tertiary/aromatic N) is 4. The van der Waals surface area contributed by atoms with Crippen LogP contribution in [0.15, 0.2) is 18.2 Å². The summed E-state index contributed by atoms with van der Waals surface area (Å²) in [5.41, 5.74) is 0.743. The van der Waals surface area contributed by atoms with E-state index in [-0.39, 0.29) is 0 Å². The van der Waals surface area contributed by atoms with Crippen LogP contribution in [0.2, 0.25) is 0 Å². The van der Waals surface area contributed by atoms with Crippen LogP contribution in [0.5, 0.6) is 11.5 Å². The predicted molar refractivity (Wildman–Crippen MR) is 65.0 cm³/mol. The third kappa shape index (κ3) is 2.25. The molecule has 1 N–H and O–H groups in total. The van der Waals surface area contributed by atoms with Gasteiger partial charge in [-0.2, -0.15) is 4.68 Å². The smallest absolute Gasteiger partial charge is 0.170 e. The van der Waals surface area contributed by atoms with E-state index in [9.17, 15) is 0 Å². The second-order valence-electron chi connectivity index (χ2n) is 3.58. The quantitative estimate of drug-likeness (QED) is 0.826. The Balaban J connectivity index is 2.50. The number of aromatic nitrogens is 4. The molecule has 0 spiro atoms. The predicted octanol–water partition coefficient (Wildman–Crippen LogP) is 0.399. The minimum atomic E-state index is 0.563. The number of methoxy groups -OCH3 is 2. The highest BCUT2D eigenvalue weighted by molar-refractivity contribution is 5.50. The number of benzene rings is 1. The SMILES string of the molecule is CNCc1nnnn1-c1cc(OC)ccc1OC. The van der Waals surface area contributed by atoms with E-state index in [0.29, 0.717) is 18.1 Å². The minimum absolute atomic E-state index is 0.563. The molecule has 0 radical (unpaired) electrons. The fourth-order valence-corrected chi connectivity index (χ4v) is 1.62. The molecule has 0 saturated heterocycles. The van der Waals surface area contributed by atoms with Crippen molar-refractivity contribution in [3.05, 3.63) is 24.0 Å².